The van der Waals surface area contributed by atoms with E-state index >= 15 is 0 Å². The lowest BCUT2D eigenvalue weighted by Crippen LogP contribution is -2.24. The highest BCUT2D eigenvalue weighted by Crippen LogP contribution is 2.48. The third-order valence-electron chi connectivity index (χ3n) is 9.05. The Hall–Kier alpha value is -4.02. The number of ether oxygens (including phenoxy) is 1. The van der Waals surface area contributed by atoms with Gasteiger partial charge in [0.05, 0.1) is 18.8 Å². The van der Waals surface area contributed by atoms with Gasteiger partial charge in [-0.3, -0.25) is 0 Å². The van der Waals surface area contributed by atoms with E-state index in [0.29, 0.717) is 6.42 Å². The van der Waals surface area contributed by atoms with Crippen LogP contribution < -0.4 is 0 Å². The van der Waals surface area contributed by atoms with Crippen LogP contribution in [0.4, 0.5) is 0 Å². The van der Waals surface area contributed by atoms with E-state index in [2.05, 4.69) is 91.0 Å². The van der Waals surface area contributed by atoms with Crippen LogP contribution in [0, 0.1) is 0 Å². The summed E-state index contributed by atoms with van der Waals surface area (Å²) in [5, 5.41) is 38.0. The van der Waals surface area contributed by atoms with Gasteiger partial charge in [0.2, 0.25) is 0 Å². The standard InChI is InChI=1S/C35H24O3/c36-17-31-29(37)16-30(38-31)19-10-11-24-28-15-13-26-22-7-2-5-18-4-1-6-21(32(18)22)25-12-14-27(35(28)34(25)26)23-9-3-8-20(19)33(23)24/h1-15,29-31,36-37H,16-17H2/t29-,30?,31+/m0/s1. The van der Waals surface area contributed by atoms with E-state index in [1.165, 1.54) is 70.0 Å². The van der Waals surface area contributed by atoms with Crippen LogP contribution in [0.1, 0.15) is 18.1 Å². The average molecular weight is 493 g/mol. The molecule has 0 radical (unpaired) electrons. The first-order valence-electron chi connectivity index (χ1n) is 13.4. The van der Waals surface area contributed by atoms with Crippen molar-refractivity contribution in [1.82, 2.24) is 0 Å². The number of aliphatic hydroxyl groups is 2. The second-order valence-corrected chi connectivity index (χ2v) is 10.9. The first kappa shape index (κ1) is 21.0. The molecule has 1 heterocycles. The average Bonchev–Trinajstić information content (AvgIpc) is 3.34. The zero-order valence-corrected chi connectivity index (χ0v) is 20.6. The Kier molecular flexibility index (Phi) is 4.03. The van der Waals surface area contributed by atoms with Crippen molar-refractivity contribution in [2.75, 3.05) is 6.61 Å². The van der Waals surface area contributed by atoms with Crippen LogP contribution >= 0.6 is 0 Å². The van der Waals surface area contributed by atoms with Crippen molar-refractivity contribution in [3.63, 3.8) is 0 Å². The topological polar surface area (TPSA) is 49.7 Å². The van der Waals surface area contributed by atoms with Crippen molar-refractivity contribution in [2.24, 2.45) is 0 Å². The Morgan fingerprint density at radius 3 is 1.61 bits per heavy atom. The molecule has 0 spiro atoms. The monoisotopic (exact) mass is 492 g/mol. The van der Waals surface area contributed by atoms with Crippen LogP contribution in [0.5, 0.6) is 0 Å². The highest BCUT2D eigenvalue weighted by Gasteiger charge is 2.35. The number of hydrogen-bond acceptors (Lipinski definition) is 3. The smallest absolute Gasteiger partial charge is 0.107 e. The van der Waals surface area contributed by atoms with E-state index in [-0.39, 0.29) is 12.7 Å². The summed E-state index contributed by atoms with van der Waals surface area (Å²) in [6.45, 7) is -0.171. The van der Waals surface area contributed by atoms with Gasteiger partial charge in [-0.2, -0.15) is 0 Å². The van der Waals surface area contributed by atoms with Crippen molar-refractivity contribution < 1.29 is 14.9 Å². The van der Waals surface area contributed by atoms with Gasteiger partial charge in [-0.25, -0.2) is 0 Å². The maximum absolute atomic E-state index is 10.4. The molecule has 0 bridgehead atoms. The van der Waals surface area contributed by atoms with Crippen LogP contribution in [0.15, 0.2) is 91.0 Å². The molecule has 3 atom stereocenters. The zero-order valence-electron chi connectivity index (χ0n) is 20.6. The maximum atomic E-state index is 10.4. The van der Waals surface area contributed by atoms with Crippen molar-refractivity contribution in [3.05, 3.63) is 96.6 Å². The second-order valence-electron chi connectivity index (χ2n) is 10.9. The molecule has 2 N–H and O–H groups in total. The van der Waals surface area contributed by atoms with Crippen LogP contribution in [0.25, 0.3) is 75.4 Å². The number of hydrogen-bond donors (Lipinski definition) is 2. The normalized spacial score (nSPS) is 20.5. The van der Waals surface area contributed by atoms with E-state index < -0.39 is 12.2 Å². The molecule has 1 unspecified atom stereocenters. The number of fused-ring (bicyclic) bond motifs is 4. The van der Waals surface area contributed by atoms with E-state index in [9.17, 15) is 10.2 Å². The van der Waals surface area contributed by atoms with Gasteiger partial charge in [0, 0.05) is 6.42 Å². The van der Waals surface area contributed by atoms with Crippen molar-refractivity contribution in [1.29, 1.82) is 0 Å². The largest absolute Gasteiger partial charge is 0.394 e. The molecule has 8 aromatic carbocycles. The number of aliphatic hydroxyl groups excluding tert-OH is 2. The van der Waals surface area contributed by atoms with E-state index in [4.69, 9.17) is 4.74 Å². The highest BCUT2D eigenvalue weighted by molar-refractivity contribution is 6.42. The van der Waals surface area contributed by atoms with Gasteiger partial charge in [0.1, 0.15) is 6.10 Å². The molecular weight excluding hydrogens is 468 g/mol. The van der Waals surface area contributed by atoms with Gasteiger partial charge >= 0.3 is 0 Å². The maximum Gasteiger partial charge on any atom is 0.107 e. The third kappa shape index (κ3) is 2.49. The fourth-order valence-electron chi connectivity index (χ4n) is 7.44. The van der Waals surface area contributed by atoms with Gasteiger partial charge in [-0.15, -0.1) is 0 Å². The zero-order chi connectivity index (χ0) is 25.1. The minimum absolute atomic E-state index is 0.171. The number of benzene rings is 8. The van der Waals surface area contributed by atoms with E-state index in [1.54, 1.807) is 0 Å². The molecule has 1 saturated heterocycles. The number of rotatable bonds is 2. The molecule has 3 heteroatoms. The van der Waals surface area contributed by atoms with Crippen molar-refractivity contribution >= 4 is 75.4 Å². The summed E-state index contributed by atoms with van der Waals surface area (Å²) in [7, 11) is 0. The molecule has 1 aliphatic heterocycles. The summed E-state index contributed by atoms with van der Waals surface area (Å²) in [4.78, 5) is 0. The van der Waals surface area contributed by atoms with E-state index in [1.807, 2.05) is 0 Å². The van der Waals surface area contributed by atoms with Crippen molar-refractivity contribution in [3.8, 4) is 0 Å². The Balaban J connectivity index is 1.44. The summed E-state index contributed by atoms with van der Waals surface area (Å²) in [5.74, 6) is 0. The Morgan fingerprint density at radius 1 is 0.553 bits per heavy atom. The summed E-state index contributed by atoms with van der Waals surface area (Å²) < 4.78 is 6.09. The SMILES string of the molecule is OC[C@H]1OC(c2ccc3c4ccc5c6cccc7cccc(c8ccc(c9cccc2c93)c4c85)c76)C[C@@H]1O. The molecule has 0 saturated carbocycles. The van der Waals surface area contributed by atoms with E-state index in [0.717, 1.165) is 10.9 Å². The lowest BCUT2D eigenvalue weighted by Gasteiger charge is -2.21. The summed E-state index contributed by atoms with van der Waals surface area (Å²) in [5.41, 5.74) is 1.08. The lowest BCUT2D eigenvalue weighted by atomic mass is 9.83. The molecule has 1 aliphatic rings. The van der Waals surface area contributed by atoms with Gasteiger partial charge in [-0.05, 0) is 81.0 Å². The van der Waals surface area contributed by atoms with Crippen LogP contribution in [0.3, 0.4) is 0 Å². The van der Waals surface area contributed by atoms with Gasteiger partial charge in [-0.1, -0.05) is 91.0 Å². The van der Waals surface area contributed by atoms with Crippen LogP contribution in [0.2, 0.25) is 0 Å². The fourth-order valence-corrected chi connectivity index (χ4v) is 7.44. The predicted octanol–water partition coefficient (Wildman–Crippen LogP) is 7.82. The molecule has 3 nitrogen and oxygen atoms in total. The van der Waals surface area contributed by atoms with Crippen molar-refractivity contribution in [2.45, 2.75) is 24.7 Å². The molecular formula is C35H24O3. The Bertz CT molecular complexity index is 2110. The lowest BCUT2D eigenvalue weighted by molar-refractivity contribution is -0.0222. The molecule has 0 aromatic heterocycles. The first-order valence-corrected chi connectivity index (χ1v) is 13.4. The molecule has 182 valence electrons. The Morgan fingerprint density at radius 2 is 1.03 bits per heavy atom. The van der Waals surface area contributed by atoms with Gasteiger partial charge < -0.3 is 14.9 Å². The molecule has 8 aromatic rings. The minimum Gasteiger partial charge on any atom is -0.394 e. The summed E-state index contributed by atoms with van der Waals surface area (Å²) >= 11 is 0. The molecule has 0 amide bonds. The van der Waals surface area contributed by atoms with Crippen LogP contribution in [-0.2, 0) is 4.74 Å². The fraction of sp³-hybridized carbons (Fsp3) is 0.143. The van der Waals surface area contributed by atoms with Gasteiger partial charge in [0.25, 0.3) is 0 Å². The summed E-state index contributed by atoms with van der Waals surface area (Å²) in [6, 6.07) is 33.4. The predicted molar refractivity (Wildman–Crippen MR) is 157 cm³/mol. The second kappa shape index (κ2) is 7.30. The summed E-state index contributed by atoms with van der Waals surface area (Å²) in [6.07, 6.45) is -0.927. The quantitative estimate of drug-likeness (QED) is 0.191. The molecule has 1 fully saturated rings. The third-order valence-corrected chi connectivity index (χ3v) is 9.05. The molecule has 9 rings (SSSR count). The first-order chi connectivity index (χ1) is 18.7. The van der Waals surface area contributed by atoms with Crippen LogP contribution in [-0.4, -0.2) is 29.0 Å². The minimum atomic E-state index is -0.653. The Labute approximate surface area is 218 Å². The molecule has 0 aliphatic carbocycles. The highest BCUT2D eigenvalue weighted by atomic mass is 16.5. The van der Waals surface area contributed by atoms with Gasteiger partial charge in [0.15, 0.2) is 0 Å². The molecule has 38 heavy (non-hydrogen) atoms.